The maximum absolute atomic E-state index is 12.3. The molecular weight excluding hydrogens is 370 g/mol. The number of carbonyl (C=O) groups excluding carboxylic acids is 2. The summed E-state index contributed by atoms with van der Waals surface area (Å²) in [5.74, 6) is -0.999. The van der Waals surface area contributed by atoms with Crippen molar-refractivity contribution in [3.8, 4) is 0 Å². The number of urea groups is 1. The van der Waals surface area contributed by atoms with Crippen LogP contribution in [-0.4, -0.2) is 48.1 Å². The third kappa shape index (κ3) is 7.65. The molecule has 0 saturated carbocycles. The highest BCUT2D eigenvalue weighted by atomic mass is 16.4. The van der Waals surface area contributed by atoms with Crippen LogP contribution in [-0.2, 0) is 17.8 Å². The number of carboxylic acid groups (broad SMARTS) is 1. The Morgan fingerprint density at radius 1 is 1.00 bits per heavy atom. The van der Waals surface area contributed by atoms with E-state index in [1.54, 1.807) is 32.3 Å². The van der Waals surface area contributed by atoms with Crippen molar-refractivity contribution in [1.82, 2.24) is 15.5 Å². The minimum Gasteiger partial charge on any atom is -0.481 e. The van der Waals surface area contributed by atoms with Gasteiger partial charge in [-0.1, -0.05) is 42.5 Å². The maximum atomic E-state index is 12.3. The van der Waals surface area contributed by atoms with Crippen molar-refractivity contribution < 1.29 is 19.5 Å². The fourth-order valence-electron chi connectivity index (χ4n) is 2.91. The lowest BCUT2D eigenvalue weighted by molar-refractivity contribution is -0.137. The average molecular weight is 397 g/mol. The van der Waals surface area contributed by atoms with Gasteiger partial charge in [-0.15, -0.1) is 0 Å². The Bertz CT molecular complexity index is 837. The van der Waals surface area contributed by atoms with Crippen LogP contribution in [0.2, 0.25) is 0 Å². The lowest BCUT2D eigenvalue weighted by atomic mass is 10.0. The maximum Gasteiger partial charge on any atom is 0.315 e. The van der Waals surface area contributed by atoms with Gasteiger partial charge in [0.1, 0.15) is 0 Å². The lowest BCUT2D eigenvalue weighted by Crippen LogP contribution is -2.43. The summed E-state index contributed by atoms with van der Waals surface area (Å²) in [5, 5.41) is 14.6. The van der Waals surface area contributed by atoms with E-state index in [9.17, 15) is 14.4 Å². The number of hydrogen-bond acceptors (Lipinski definition) is 3. The van der Waals surface area contributed by atoms with Crippen molar-refractivity contribution >= 4 is 17.9 Å². The SMILES string of the molecule is CN(C)C(=O)c1cccc(CNC(=O)NC(CCC(=O)O)Cc2ccccc2)c1. The summed E-state index contributed by atoms with van der Waals surface area (Å²) >= 11 is 0. The van der Waals surface area contributed by atoms with Crippen LogP contribution in [0.15, 0.2) is 54.6 Å². The summed E-state index contributed by atoms with van der Waals surface area (Å²) in [6.45, 7) is 0.261. The molecule has 0 radical (unpaired) electrons. The van der Waals surface area contributed by atoms with E-state index >= 15 is 0 Å². The normalized spacial score (nSPS) is 11.4. The molecular formula is C22H27N3O4. The van der Waals surface area contributed by atoms with Gasteiger partial charge in [-0.25, -0.2) is 4.79 Å². The predicted octanol–water partition coefficient (Wildman–Crippen LogP) is 2.66. The van der Waals surface area contributed by atoms with Crippen molar-refractivity contribution in [2.75, 3.05) is 14.1 Å². The summed E-state index contributed by atoms with van der Waals surface area (Å²) in [6, 6.07) is 16.0. The number of nitrogens with zero attached hydrogens (tertiary/aromatic N) is 1. The molecule has 3 amide bonds. The van der Waals surface area contributed by atoms with Gasteiger partial charge in [0.05, 0.1) is 0 Å². The molecule has 0 aromatic heterocycles. The van der Waals surface area contributed by atoms with Gasteiger partial charge >= 0.3 is 12.0 Å². The Labute approximate surface area is 170 Å². The van der Waals surface area contributed by atoms with E-state index in [0.717, 1.165) is 11.1 Å². The molecule has 2 aromatic carbocycles. The zero-order valence-electron chi connectivity index (χ0n) is 16.7. The Hall–Kier alpha value is -3.35. The second-order valence-electron chi connectivity index (χ2n) is 7.05. The van der Waals surface area contributed by atoms with Gasteiger partial charge in [-0.3, -0.25) is 9.59 Å². The molecule has 2 rings (SSSR count). The molecule has 0 heterocycles. The number of benzene rings is 2. The van der Waals surface area contributed by atoms with E-state index in [1.807, 2.05) is 36.4 Å². The molecule has 0 saturated heterocycles. The van der Waals surface area contributed by atoms with E-state index in [4.69, 9.17) is 5.11 Å². The van der Waals surface area contributed by atoms with E-state index in [2.05, 4.69) is 10.6 Å². The molecule has 7 nitrogen and oxygen atoms in total. The second-order valence-corrected chi connectivity index (χ2v) is 7.05. The molecule has 0 aliphatic rings. The summed E-state index contributed by atoms with van der Waals surface area (Å²) in [4.78, 5) is 36.8. The molecule has 154 valence electrons. The first kappa shape index (κ1) is 21.9. The Morgan fingerprint density at radius 2 is 1.69 bits per heavy atom. The summed E-state index contributed by atoms with van der Waals surface area (Å²) in [7, 11) is 3.37. The fraction of sp³-hybridized carbons (Fsp3) is 0.318. The minimum atomic E-state index is -0.896. The standard InChI is InChI=1S/C22H27N3O4/c1-25(2)21(28)18-10-6-9-17(13-18)15-23-22(29)24-19(11-12-20(26)27)14-16-7-4-3-5-8-16/h3-10,13,19H,11-12,14-15H2,1-2H3,(H,26,27)(H2,23,24,29). The molecule has 2 aromatic rings. The number of amides is 3. The Kier molecular flexibility index (Phi) is 8.21. The molecule has 0 spiro atoms. The van der Waals surface area contributed by atoms with Crippen molar-refractivity contribution in [2.45, 2.75) is 31.8 Å². The second kappa shape index (κ2) is 10.8. The van der Waals surface area contributed by atoms with Crippen molar-refractivity contribution in [1.29, 1.82) is 0 Å². The summed E-state index contributed by atoms with van der Waals surface area (Å²) in [6.07, 6.45) is 0.866. The van der Waals surface area contributed by atoms with Crippen LogP contribution < -0.4 is 10.6 Å². The molecule has 0 fully saturated rings. The molecule has 0 bridgehead atoms. The monoisotopic (exact) mass is 397 g/mol. The third-order valence-electron chi connectivity index (χ3n) is 4.40. The molecule has 29 heavy (non-hydrogen) atoms. The fourth-order valence-corrected chi connectivity index (χ4v) is 2.91. The van der Waals surface area contributed by atoms with Crippen LogP contribution in [0.3, 0.4) is 0 Å². The van der Waals surface area contributed by atoms with Crippen LogP contribution >= 0.6 is 0 Å². The van der Waals surface area contributed by atoms with E-state index in [-0.39, 0.29) is 30.9 Å². The van der Waals surface area contributed by atoms with Gasteiger partial charge in [0.25, 0.3) is 5.91 Å². The van der Waals surface area contributed by atoms with E-state index in [0.29, 0.717) is 18.4 Å². The van der Waals surface area contributed by atoms with Gasteiger partial charge < -0.3 is 20.6 Å². The average Bonchev–Trinajstić information content (AvgIpc) is 2.70. The number of carboxylic acids is 1. The highest BCUT2D eigenvalue weighted by Gasteiger charge is 2.15. The Balaban J connectivity index is 1.94. The molecule has 0 aliphatic heterocycles. The first-order chi connectivity index (χ1) is 13.8. The first-order valence-corrected chi connectivity index (χ1v) is 9.46. The topological polar surface area (TPSA) is 98.7 Å². The van der Waals surface area contributed by atoms with Crippen molar-refractivity contribution in [2.24, 2.45) is 0 Å². The highest BCUT2D eigenvalue weighted by molar-refractivity contribution is 5.94. The van der Waals surface area contributed by atoms with Crippen LogP contribution in [0.5, 0.6) is 0 Å². The number of carbonyl (C=O) groups is 3. The molecule has 0 aliphatic carbocycles. The number of aliphatic carboxylic acids is 1. The largest absolute Gasteiger partial charge is 0.481 e. The molecule has 1 unspecified atom stereocenters. The van der Waals surface area contributed by atoms with Crippen LogP contribution in [0.25, 0.3) is 0 Å². The molecule has 7 heteroatoms. The van der Waals surface area contributed by atoms with E-state index in [1.165, 1.54) is 4.90 Å². The highest BCUT2D eigenvalue weighted by Crippen LogP contribution is 2.09. The van der Waals surface area contributed by atoms with Crippen LogP contribution in [0, 0.1) is 0 Å². The lowest BCUT2D eigenvalue weighted by Gasteiger charge is -2.19. The van der Waals surface area contributed by atoms with E-state index < -0.39 is 5.97 Å². The van der Waals surface area contributed by atoms with Gasteiger partial charge in [0.2, 0.25) is 0 Å². The van der Waals surface area contributed by atoms with Gasteiger partial charge in [-0.05, 0) is 36.1 Å². The zero-order valence-corrected chi connectivity index (χ0v) is 16.7. The Morgan fingerprint density at radius 3 is 2.34 bits per heavy atom. The minimum absolute atomic E-state index is 0.0214. The molecule has 3 N–H and O–H groups in total. The predicted molar refractivity (Wildman–Crippen MR) is 111 cm³/mol. The van der Waals surface area contributed by atoms with Gasteiger partial charge in [0.15, 0.2) is 0 Å². The summed E-state index contributed by atoms with van der Waals surface area (Å²) < 4.78 is 0. The quantitative estimate of drug-likeness (QED) is 0.606. The van der Waals surface area contributed by atoms with Gasteiger partial charge in [-0.2, -0.15) is 0 Å². The van der Waals surface area contributed by atoms with Gasteiger partial charge in [0, 0.05) is 38.7 Å². The summed E-state index contributed by atoms with van der Waals surface area (Å²) in [5.41, 5.74) is 2.38. The molecule has 1 atom stereocenters. The third-order valence-corrected chi connectivity index (χ3v) is 4.40. The number of hydrogen-bond donors (Lipinski definition) is 3. The van der Waals surface area contributed by atoms with Crippen LogP contribution in [0.4, 0.5) is 4.79 Å². The first-order valence-electron chi connectivity index (χ1n) is 9.46. The smallest absolute Gasteiger partial charge is 0.315 e. The number of rotatable bonds is 9. The van der Waals surface area contributed by atoms with Crippen molar-refractivity contribution in [3.63, 3.8) is 0 Å². The zero-order chi connectivity index (χ0) is 21.2. The van der Waals surface area contributed by atoms with Crippen molar-refractivity contribution in [3.05, 3.63) is 71.3 Å². The number of nitrogens with one attached hydrogen (secondary N) is 2. The van der Waals surface area contributed by atoms with Crippen LogP contribution in [0.1, 0.15) is 34.3 Å².